The van der Waals surface area contributed by atoms with Crippen LogP contribution in [-0.2, 0) is 7.05 Å². The Morgan fingerprint density at radius 1 is 1.47 bits per heavy atom. The first-order chi connectivity index (χ1) is 8.33. The number of fused-ring (bicyclic) bond motifs is 1. The highest BCUT2D eigenvalue weighted by Gasteiger charge is 2.23. The lowest BCUT2D eigenvalue weighted by molar-refractivity contribution is 0.334. The molecule has 17 heavy (non-hydrogen) atoms. The van der Waals surface area contributed by atoms with Gasteiger partial charge in [0, 0.05) is 31.3 Å². The number of anilines is 1. The molecule has 1 aliphatic heterocycles. The lowest BCUT2D eigenvalue weighted by atomic mass is 10.0. The van der Waals surface area contributed by atoms with Gasteiger partial charge in [0.25, 0.3) is 0 Å². The second-order valence-corrected chi connectivity index (χ2v) is 4.33. The van der Waals surface area contributed by atoms with Gasteiger partial charge in [-0.25, -0.2) is 0 Å². The van der Waals surface area contributed by atoms with Gasteiger partial charge in [-0.15, -0.1) is 0 Å². The van der Waals surface area contributed by atoms with Gasteiger partial charge in [-0.3, -0.25) is 4.68 Å². The summed E-state index contributed by atoms with van der Waals surface area (Å²) in [5, 5.41) is 7.51. The van der Waals surface area contributed by atoms with Crippen molar-refractivity contribution in [3.05, 3.63) is 42.2 Å². The van der Waals surface area contributed by atoms with Gasteiger partial charge >= 0.3 is 0 Å². The van der Waals surface area contributed by atoms with Gasteiger partial charge in [0.1, 0.15) is 5.75 Å². The minimum Gasteiger partial charge on any atom is -0.493 e. The fraction of sp³-hybridized carbons (Fsp3) is 0.308. The molecule has 0 bridgehead atoms. The Bertz CT molecular complexity index is 521. The summed E-state index contributed by atoms with van der Waals surface area (Å²) >= 11 is 0. The molecule has 0 fully saturated rings. The third kappa shape index (κ3) is 1.98. The van der Waals surface area contributed by atoms with E-state index in [0.29, 0.717) is 5.92 Å². The van der Waals surface area contributed by atoms with E-state index in [1.807, 2.05) is 31.6 Å². The van der Waals surface area contributed by atoms with Gasteiger partial charge in [0.05, 0.1) is 18.5 Å². The summed E-state index contributed by atoms with van der Waals surface area (Å²) in [5.41, 5.74) is 2.35. The maximum Gasteiger partial charge on any atom is 0.122 e. The van der Waals surface area contributed by atoms with E-state index in [2.05, 4.69) is 22.5 Å². The molecule has 4 nitrogen and oxygen atoms in total. The summed E-state index contributed by atoms with van der Waals surface area (Å²) < 4.78 is 7.44. The van der Waals surface area contributed by atoms with Crippen LogP contribution < -0.4 is 10.1 Å². The molecule has 88 valence electrons. The van der Waals surface area contributed by atoms with Crippen molar-refractivity contribution in [1.29, 1.82) is 0 Å². The molecule has 0 amide bonds. The van der Waals surface area contributed by atoms with Crippen LogP contribution in [0.15, 0.2) is 36.7 Å². The zero-order valence-electron chi connectivity index (χ0n) is 9.76. The van der Waals surface area contributed by atoms with E-state index < -0.39 is 0 Å². The van der Waals surface area contributed by atoms with E-state index in [0.717, 1.165) is 24.6 Å². The van der Waals surface area contributed by atoms with Crippen molar-refractivity contribution in [2.75, 3.05) is 18.5 Å². The first-order valence-electron chi connectivity index (χ1n) is 5.77. The van der Waals surface area contributed by atoms with E-state index in [1.165, 1.54) is 5.56 Å². The minimum atomic E-state index is 0.423. The molecule has 1 unspecified atom stereocenters. The molecular formula is C13H15N3O. The van der Waals surface area contributed by atoms with Gasteiger partial charge in [0.15, 0.2) is 0 Å². The van der Waals surface area contributed by atoms with Crippen LogP contribution in [0.25, 0.3) is 0 Å². The summed E-state index contributed by atoms with van der Waals surface area (Å²) in [4.78, 5) is 0. The Balaban J connectivity index is 1.68. The number of ether oxygens (including phenoxy) is 1. The molecule has 0 aliphatic carbocycles. The monoisotopic (exact) mass is 229 g/mol. The second-order valence-electron chi connectivity index (χ2n) is 4.33. The Morgan fingerprint density at radius 3 is 3.18 bits per heavy atom. The highest BCUT2D eigenvalue weighted by molar-refractivity contribution is 5.43. The molecule has 4 heteroatoms. The Morgan fingerprint density at radius 2 is 2.35 bits per heavy atom. The number of rotatable bonds is 3. The van der Waals surface area contributed by atoms with E-state index in [4.69, 9.17) is 4.74 Å². The van der Waals surface area contributed by atoms with Crippen molar-refractivity contribution < 1.29 is 4.74 Å². The summed E-state index contributed by atoms with van der Waals surface area (Å²) in [7, 11) is 1.92. The molecule has 1 aliphatic rings. The van der Waals surface area contributed by atoms with Crippen LogP contribution in [0.4, 0.5) is 5.69 Å². The number of aryl methyl sites for hydroxylation is 1. The molecule has 0 radical (unpaired) electrons. The van der Waals surface area contributed by atoms with Crippen LogP contribution in [0.1, 0.15) is 11.5 Å². The number of hydrogen-bond donors (Lipinski definition) is 1. The number of nitrogens with zero attached hydrogens (tertiary/aromatic N) is 2. The summed E-state index contributed by atoms with van der Waals surface area (Å²) in [6.07, 6.45) is 3.81. The van der Waals surface area contributed by atoms with Crippen molar-refractivity contribution in [1.82, 2.24) is 9.78 Å². The normalized spacial score (nSPS) is 17.6. The molecule has 1 aromatic carbocycles. The third-order valence-electron chi connectivity index (χ3n) is 3.06. The number of aromatic nitrogens is 2. The zero-order valence-corrected chi connectivity index (χ0v) is 9.76. The maximum absolute atomic E-state index is 5.64. The summed E-state index contributed by atoms with van der Waals surface area (Å²) in [6, 6.07) is 8.23. The first kappa shape index (κ1) is 10.2. The fourth-order valence-electron chi connectivity index (χ4n) is 2.15. The summed E-state index contributed by atoms with van der Waals surface area (Å²) in [6.45, 7) is 1.63. The third-order valence-corrected chi connectivity index (χ3v) is 3.06. The van der Waals surface area contributed by atoms with E-state index >= 15 is 0 Å². The number of nitrogens with one attached hydrogen (secondary N) is 1. The van der Waals surface area contributed by atoms with Crippen molar-refractivity contribution in [3.8, 4) is 5.75 Å². The SMILES string of the molecule is Cn1cc(NCC2COc3ccccc32)cn1. The maximum atomic E-state index is 5.64. The van der Waals surface area contributed by atoms with Gasteiger partial charge in [-0.2, -0.15) is 5.10 Å². The molecular weight excluding hydrogens is 214 g/mol. The zero-order chi connectivity index (χ0) is 11.7. The van der Waals surface area contributed by atoms with Gasteiger partial charge in [-0.05, 0) is 6.07 Å². The van der Waals surface area contributed by atoms with Gasteiger partial charge < -0.3 is 10.1 Å². The lowest BCUT2D eigenvalue weighted by Crippen LogP contribution is -2.13. The number of para-hydroxylation sites is 1. The second kappa shape index (κ2) is 4.13. The Labute approximate surface area is 100 Å². The topological polar surface area (TPSA) is 39.1 Å². The Hall–Kier alpha value is -1.97. The average Bonchev–Trinajstić information content (AvgIpc) is 2.93. The summed E-state index contributed by atoms with van der Waals surface area (Å²) in [5.74, 6) is 1.44. The van der Waals surface area contributed by atoms with Crippen LogP contribution in [0.5, 0.6) is 5.75 Å². The van der Waals surface area contributed by atoms with Crippen molar-refractivity contribution >= 4 is 5.69 Å². The smallest absolute Gasteiger partial charge is 0.122 e. The van der Waals surface area contributed by atoms with Crippen molar-refractivity contribution in [2.45, 2.75) is 5.92 Å². The van der Waals surface area contributed by atoms with Crippen LogP contribution >= 0.6 is 0 Å². The lowest BCUT2D eigenvalue weighted by Gasteiger charge is -2.09. The van der Waals surface area contributed by atoms with Crippen LogP contribution in [0, 0.1) is 0 Å². The molecule has 2 heterocycles. The molecule has 0 saturated carbocycles. The molecule has 2 aromatic rings. The van der Waals surface area contributed by atoms with Crippen molar-refractivity contribution in [3.63, 3.8) is 0 Å². The molecule has 3 rings (SSSR count). The molecule has 0 saturated heterocycles. The quantitative estimate of drug-likeness (QED) is 0.875. The van der Waals surface area contributed by atoms with E-state index in [9.17, 15) is 0 Å². The molecule has 0 spiro atoms. The standard InChI is InChI=1S/C13H15N3O/c1-16-8-11(7-15-16)14-6-10-9-17-13-5-3-2-4-12(10)13/h2-5,7-8,10,14H,6,9H2,1H3. The number of hydrogen-bond acceptors (Lipinski definition) is 3. The average molecular weight is 229 g/mol. The highest BCUT2D eigenvalue weighted by atomic mass is 16.5. The van der Waals surface area contributed by atoms with Gasteiger partial charge in [-0.1, -0.05) is 18.2 Å². The Kier molecular flexibility index (Phi) is 2.48. The van der Waals surface area contributed by atoms with E-state index in [1.54, 1.807) is 4.68 Å². The van der Waals surface area contributed by atoms with Crippen LogP contribution in [0.3, 0.4) is 0 Å². The molecule has 1 aromatic heterocycles. The predicted molar refractivity (Wildman–Crippen MR) is 66.4 cm³/mol. The molecule has 1 atom stereocenters. The van der Waals surface area contributed by atoms with Crippen LogP contribution in [-0.4, -0.2) is 22.9 Å². The highest BCUT2D eigenvalue weighted by Crippen LogP contribution is 2.33. The minimum absolute atomic E-state index is 0.423. The van der Waals surface area contributed by atoms with E-state index in [-0.39, 0.29) is 0 Å². The van der Waals surface area contributed by atoms with Gasteiger partial charge in [0.2, 0.25) is 0 Å². The first-order valence-corrected chi connectivity index (χ1v) is 5.77. The molecule has 1 N–H and O–H groups in total. The number of benzene rings is 1. The van der Waals surface area contributed by atoms with Crippen molar-refractivity contribution in [2.24, 2.45) is 7.05 Å². The fourth-order valence-corrected chi connectivity index (χ4v) is 2.15. The van der Waals surface area contributed by atoms with Crippen LogP contribution in [0.2, 0.25) is 0 Å². The predicted octanol–water partition coefficient (Wildman–Crippen LogP) is 2.01. The largest absolute Gasteiger partial charge is 0.493 e.